The predicted molar refractivity (Wildman–Crippen MR) is 59.0 cm³/mol. The average Bonchev–Trinajstić information content (AvgIpc) is 2.16. The van der Waals surface area contributed by atoms with Gasteiger partial charge in [0, 0.05) is 19.0 Å². The van der Waals surface area contributed by atoms with Crippen molar-refractivity contribution in [3.63, 3.8) is 0 Å². The molecule has 1 rings (SSSR count). The lowest BCUT2D eigenvalue weighted by molar-refractivity contribution is -0.136. The van der Waals surface area contributed by atoms with Gasteiger partial charge >= 0.3 is 0 Å². The number of rotatable bonds is 2. The lowest BCUT2D eigenvalue weighted by Crippen LogP contribution is -2.43. The molecule has 14 heavy (non-hydrogen) atoms. The fourth-order valence-electron chi connectivity index (χ4n) is 2.12. The van der Waals surface area contributed by atoms with Gasteiger partial charge in [-0.2, -0.15) is 0 Å². The van der Waals surface area contributed by atoms with Crippen molar-refractivity contribution in [3.05, 3.63) is 0 Å². The standard InChI is InChI=1S/C12H23NO/c1-9(2)11-6-5-7-13(8-11)12(14)10(3)4/h9-11H,5-8H2,1-4H3/t11-/m0/s1. The van der Waals surface area contributed by atoms with Crippen LogP contribution < -0.4 is 0 Å². The Bertz CT molecular complexity index is 198. The van der Waals surface area contributed by atoms with E-state index in [0.717, 1.165) is 13.1 Å². The first kappa shape index (κ1) is 11.5. The Labute approximate surface area is 87.7 Å². The van der Waals surface area contributed by atoms with Gasteiger partial charge < -0.3 is 4.90 Å². The van der Waals surface area contributed by atoms with Crippen molar-refractivity contribution >= 4 is 5.91 Å². The van der Waals surface area contributed by atoms with Crippen LogP contribution in [0.3, 0.4) is 0 Å². The van der Waals surface area contributed by atoms with Crippen molar-refractivity contribution in [2.24, 2.45) is 17.8 Å². The molecule has 0 bridgehead atoms. The minimum atomic E-state index is 0.154. The first-order chi connectivity index (χ1) is 6.52. The zero-order valence-corrected chi connectivity index (χ0v) is 9.92. The lowest BCUT2D eigenvalue weighted by Gasteiger charge is -2.35. The molecular formula is C12H23NO. The number of hydrogen-bond donors (Lipinski definition) is 0. The van der Waals surface area contributed by atoms with Gasteiger partial charge in [0.1, 0.15) is 0 Å². The largest absolute Gasteiger partial charge is 0.342 e. The zero-order valence-electron chi connectivity index (χ0n) is 9.92. The molecule has 0 spiro atoms. The molecule has 2 heteroatoms. The summed E-state index contributed by atoms with van der Waals surface area (Å²) in [5.74, 6) is 1.90. The molecule has 1 amide bonds. The number of nitrogens with zero attached hydrogens (tertiary/aromatic N) is 1. The first-order valence-electron chi connectivity index (χ1n) is 5.81. The molecule has 1 aliphatic heterocycles. The highest BCUT2D eigenvalue weighted by Gasteiger charge is 2.26. The molecule has 0 aromatic carbocycles. The number of piperidine rings is 1. The average molecular weight is 197 g/mol. The maximum Gasteiger partial charge on any atom is 0.225 e. The number of likely N-dealkylation sites (tertiary alicyclic amines) is 1. The molecule has 0 aromatic rings. The fraction of sp³-hybridized carbons (Fsp3) is 0.917. The number of carbonyl (C=O) groups is 1. The van der Waals surface area contributed by atoms with E-state index in [4.69, 9.17) is 0 Å². The van der Waals surface area contributed by atoms with E-state index in [0.29, 0.717) is 17.7 Å². The van der Waals surface area contributed by atoms with E-state index in [-0.39, 0.29) is 5.92 Å². The Balaban J connectivity index is 2.51. The first-order valence-corrected chi connectivity index (χ1v) is 5.81. The van der Waals surface area contributed by atoms with Crippen LogP contribution in [0.1, 0.15) is 40.5 Å². The second-order valence-corrected chi connectivity index (χ2v) is 5.09. The van der Waals surface area contributed by atoms with Gasteiger partial charge in [0.25, 0.3) is 0 Å². The van der Waals surface area contributed by atoms with Gasteiger partial charge in [-0.15, -0.1) is 0 Å². The summed E-state index contributed by atoms with van der Waals surface area (Å²) in [4.78, 5) is 13.8. The Morgan fingerprint density at radius 1 is 1.29 bits per heavy atom. The van der Waals surface area contributed by atoms with Crippen molar-refractivity contribution < 1.29 is 4.79 Å². The maximum absolute atomic E-state index is 11.8. The smallest absolute Gasteiger partial charge is 0.225 e. The van der Waals surface area contributed by atoms with Gasteiger partial charge in [-0.05, 0) is 24.7 Å². The van der Waals surface area contributed by atoms with Crippen molar-refractivity contribution in [2.45, 2.75) is 40.5 Å². The molecule has 0 saturated carbocycles. The molecule has 1 atom stereocenters. The molecule has 0 aliphatic carbocycles. The van der Waals surface area contributed by atoms with Crippen LogP contribution in [0.25, 0.3) is 0 Å². The Morgan fingerprint density at radius 2 is 1.93 bits per heavy atom. The van der Waals surface area contributed by atoms with Gasteiger partial charge in [-0.1, -0.05) is 27.7 Å². The summed E-state index contributed by atoms with van der Waals surface area (Å²) >= 11 is 0. The van der Waals surface area contributed by atoms with E-state index >= 15 is 0 Å². The van der Waals surface area contributed by atoms with E-state index in [9.17, 15) is 4.79 Å². The van der Waals surface area contributed by atoms with Crippen LogP contribution in [0.4, 0.5) is 0 Å². The van der Waals surface area contributed by atoms with Crippen molar-refractivity contribution in [1.29, 1.82) is 0 Å². The Kier molecular flexibility index (Phi) is 3.97. The fourth-order valence-corrected chi connectivity index (χ4v) is 2.12. The van der Waals surface area contributed by atoms with Crippen LogP contribution in [0.15, 0.2) is 0 Å². The molecule has 82 valence electrons. The van der Waals surface area contributed by atoms with Crippen molar-refractivity contribution in [3.8, 4) is 0 Å². The second kappa shape index (κ2) is 4.81. The minimum absolute atomic E-state index is 0.154. The summed E-state index contributed by atoms with van der Waals surface area (Å²) in [5.41, 5.74) is 0. The molecule has 1 fully saturated rings. The molecule has 0 radical (unpaired) electrons. The second-order valence-electron chi connectivity index (χ2n) is 5.09. The molecule has 1 heterocycles. The van der Waals surface area contributed by atoms with Gasteiger partial charge in [0.05, 0.1) is 0 Å². The molecule has 0 aromatic heterocycles. The third kappa shape index (κ3) is 2.73. The molecule has 1 aliphatic rings. The monoisotopic (exact) mass is 197 g/mol. The predicted octanol–water partition coefficient (Wildman–Crippen LogP) is 2.54. The van der Waals surface area contributed by atoms with Gasteiger partial charge in [0.15, 0.2) is 0 Å². The third-order valence-electron chi connectivity index (χ3n) is 3.21. The summed E-state index contributed by atoms with van der Waals surface area (Å²) in [6.07, 6.45) is 2.47. The van der Waals surface area contributed by atoms with E-state index < -0.39 is 0 Å². The molecule has 2 nitrogen and oxygen atoms in total. The number of amides is 1. The van der Waals surface area contributed by atoms with E-state index in [1.165, 1.54) is 12.8 Å². The topological polar surface area (TPSA) is 20.3 Å². The zero-order chi connectivity index (χ0) is 10.7. The maximum atomic E-state index is 11.8. The lowest BCUT2D eigenvalue weighted by atomic mass is 9.87. The molecule has 0 unspecified atom stereocenters. The van der Waals surface area contributed by atoms with E-state index in [2.05, 4.69) is 18.7 Å². The summed E-state index contributed by atoms with van der Waals surface area (Å²) < 4.78 is 0. The highest BCUT2D eigenvalue weighted by atomic mass is 16.2. The van der Waals surface area contributed by atoms with Crippen molar-refractivity contribution in [2.75, 3.05) is 13.1 Å². The molecule has 1 saturated heterocycles. The molecular weight excluding hydrogens is 174 g/mol. The minimum Gasteiger partial charge on any atom is -0.342 e. The normalized spacial score (nSPS) is 23.3. The Morgan fingerprint density at radius 3 is 2.43 bits per heavy atom. The van der Waals surface area contributed by atoms with E-state index in [1.807, 2.05) is 13.8 Å². The van der Waals surface area contributed by atoms with Crippen LogP contribution in [-0.2, 0) is 4.79 Å². The van der Waals surface area contributed by atoms with Crippen LogP contribution >= 0.6 is 0 Å². The van der Waals surface area contributed by atoms with E-state index in [1.54, 1.807) is 0 Å². The summed E-state index contributed by atoms with van der Waals surface area (Å²) in [5, 5.41) is 0. The Hall–Kier alpha value is -0.530. The van der Waals surface area contributed by atoms with Gasteiger partial charge in [-0.3, -0.25) is 4.79 Å². The third-order valence-corrected chi connectivity index (χ3v) is 3.21. The van der Waals surface area contributed by atoms with Crippen LogP contribution in [0, 0.1) is 17.8 Å². The van der Waals surface area contributed by atoms with Crippen LogP contribution in [0.5, 0.6) is 0 Å². The van der Waals surface area contributed by atoms with Crippen molar-refractivity contribution in [1.82, 2.24) is 4.90 Å². The summed E-state index contributed by atoms with van der Waals surface area (Å²) in [6.45, 7) is 10.4. The quantitative estimate of drug-likeness (QED) is 0.666. The summed E-state index contributed by atoms with van der Waals surface area (Å²) in [6, 6.07) is 0. The summed E-state index contributed by atoms with van der Waals surface area (Å²) in [7, 11) is 0. The van der Waals surface area contributed by atoms with Crippen LogP contribution in [-0.4, -0.2) is 23.9 Å². The number of carbonyl (C=O) groups excluding carboxylic acids is 1. The number of hydrogen-bond acceptors (Lipinski definition) is 1. The van der Waals surface area contributed by atoms with Gasteiger partial charge in [-0.25, -0.2) is 0 Å². The highest BCUT2D eigenvalue weighted by Crippen LogP contribution is 2.24. The van der Waals surface area contributed by atoms with Crippen LogP contribution in [0.2, 0.25) is 0 Å². The van der Waals surface area contributed by atoms with Gasteiger partial charge in [0.2, 0.25) is 5.91 Å². The SMILES string of the molecule is CC(C)C(=O)N1CCC[C@H](C(C)C)C1. The highest BCUT2D eigenvalue weighted by molar-refractivity contribution is 5.78. The molecule has 0 N–H and O–H groups in total.